The Labute approximate surface area is 91.2 Å². The van der Waals surface area contributed by atoms with Crippen LogP contribution in [0.15, 0.2) is 6.33 Å². The molecule has 1 amide bonds. The van der Waals surface area contributed by atoms with Gasteiger partial charge in [-0.2, -0.15) is 0 Å². The molecule has 3 N–H and O–H groups in total. The maximum atomic E-state index is 10.8. The molecule has 1 spiro atoms. The summed E-state index contributed by atoms with van der Waals surface area (Å²) in [7, 11) is 0. The second-order valence-corrected chi connectivity index (χ2v) is 4.31. The third-order valence-corrected chi connectivity index (χ3v) is 3.20. The van der Waals surface area contributed by atoms with Gasteiger partial charge >= 0.3 is 0 Å². The summed E-state index contributed by atoms with van der Waals surface area (Å²) in [4.78, 5) is 14.6. The highest BCUT2D eigenvalue weighted by atomic mass is 16.6. The van der Waals surface area contributed by atoms with Gasteiger partial charge in [-0.3, -0.25) is 4.79 Å². The highest BCUT2D eigenvalue weighted by Crippen LogP contribution is 2.52. The van der Waals surface area contributed by atoms with Crippen molar-refractivity contribution < 1.29 is 14.6 Å². The summed E-state index contributed by atoms with van der Waals surface area (Å²) >= 11 is 0. The molecule has 1 aromatic rings. The van der Waals surface area contributed by atoms with Crippen molar-refractivity contribution in [3.05, 3.63) is 12.2 Å². The lowest BCUT2D eigenvalue weighted by Gasteiger charge is -2.12. The van der Waals surface area contributed by atoms with Gasteiger partial charge in [-0.15, -0.1) is 5.10 Å². The van der Waals surface area contributed by atoms with Crippen LogP contribution in [0.4, 0.5) is 0 Å². The van der Waals surface area contributed by atoms with E-state index in [4.69, 9.17) is 10.5 Å². The first kappa shape index (κ1) is 9.73. The van der Waals surface area contributed by atoms with Gasteiger partial charge in [0.15, 0.2) is 6.23 Å². The third kappa shape index (κ3) is 1.32. The Bertz CT molecular complexity index is 446. The number of nitrogens with zero attached hydrogens (tertiary/aromatic N) is 3. The molecular weight excluding hydrogens is 212 g/mol. The number of amides is 1. The fourth-order valence-electron chi connectivity index (χ4n) is 2.13. The monoisotopic (exact) mass is 224 g/mol. The van der Waals surface area contributed by atoms with Gasteiger partial charge in [-0.25, -0.2) is 9.67 Å². The molecule has 1 aliphatic carbocycles. The van der Waals surface area contributed by atoms with Gasteiger partial charge < -0.3 is 15.6 Å². The maximum absolute atomic E-state index is 10.8. The molecule has 2 heterocycles. The third-order valence-electron chi connectivity index (χ3n) is 3.20. The molecule has 86 valence electrons. The zero-order chi connectivity index (χ0) is 11.3. The lowest BCUT2D eigenvalue weighted by Crippen LogP contribution is -2.17. The Morgan fingerprint density at radius 2 is 2.50 bits per heavy atom. The van der Waals surface area contributed by atoms with E-state index in [1.807, 2.05) is 0 Å². The van der Waals surface area contributed by atoms with Crippen LogP contribution < -0.4 is 5.73 Å². The number of aliphatic hydroxyl groups excluding tert-OH is 1. The van der Waals surface area contributed by atoms with Crippen molar-refractivity contribution in [1.82, 2.24) is 14.8 Å². The molecule has 2 aliphatic rings. The molecule has 1 aromatic heterocycles. The molecule has 16 heavy (non-hydrogen) atoms. The van der Waals surface area contributed by atoms with Crippen molar-refractivity contribution in [2.24, 2.45) is 5.73 Å². The van der Waals surface area contributed by atoms with Crippen LogP contribution in [0, 0.1) is 0 Å². The predicted molar refractivity (Wildman–Crippen MR) is 51.3 cm³/mol. The summed E-state index contributed by atoms with van der Waals surface area (Å²) < 4.78 is 7.20. The first-order chi connectivity index (χ1) is 7.61. The summed E-state index contributed by atoms with van der Waals surface area (Å²) in [6, 6.07) is 0. The number of aromatic nitrogens is 3. The van der Waals surface area contributed by atoms with Crippen LogP contribution in [0.2, 0.25) is 0 Å². The Hall–Kier alpha value is -1.47. The number of primary amides is 1. The minimum absolute atomic E-state index is 0.0131. The zero-order valence-electron chi connectivity index (χ0n) is 8.54. The average molecular weight is 224 g/mol. The van der Waals surface area contributed by atoms with Crippen LogP contribution in [0.5, 0.6) is 0 Å². The van der Waals surface area contributed by atoms with Crippen molar-refractivity contribution >= 4 is 5.91 Å². The maximum Gasteiger partial charge on any atom is 0.288 e. The fourth-order valence-corrected chi connectivity index (χ4v) is 2.13. The van der Waals surface area contributed by atoms with E-state index in [2.05, 4.69) is 10.1 Å². The summed E-state index contributed by atoms with van der Waals surface area (Å²) in [5.41, 5.74) is 4.68. The Kier molecular flexibility index (Phi) is 1.84. The number of hydrogen-bond donors (Lipinski definition) is 2. The van der Waals surface area contributed by atoms with Gasteiger partial charge in [-0.1, -0.05) is 0 Å². The number of carbonyl (C=O) groups excluding carboxylic acids is 1. The second-order valence-electron chi connectivity index (χ2n) is 4.31. The van der Waals surface area contributed by atoms with Crippen molar-refractivity contribution in [1.29, 1.82) is 0 Å². The molecule has 1 aliphatic heterocycles. The quantitative estimate of drug-likeness (QED) is 0.683. The highest BCUT2D eigenvalue weighted by Gasteiger charge is 2.59. The molecule has 7 nitrogen and oxygen atoms in total. The molecule has 2 fully saturated rings. The standard InChI is InChI=1S/C9H12N4O3/c10-7(15)8-11-4-13(12-8)6-1-2-9(16-6)3-5(9)14/h4-6,14H,1-3H2,(H2,10,15)/t5?,6-,9?/m1/s1. The molecule has 7 heteroatoms. The van der Waals surface area contributed by atoms with Crippen molar-refractivity contribution in [2.45, 2.75) is 37.2 Å². The molecule has 0 radical (unpaired) electrons. The van der Waals surface area contributed by atoms with Crippen LogP contribution >= 0.6 is 0 Å². The van der Waals surface area contributed by atoms with Gasteiger partial charge in [0.1, 0.15) is 6.33 Å². The van der Waals surface area contributed by atoms with E-state index in [0.717, 1.165) is 12.8 Å². The van der Waals surface area contributed by atoms with Crippen LogP contribution in [0.3, 0.4) is 0 Å². The lowest BCUT2D eigenvalue weighted by atomic mass is 10.2. The van der Waals surface area contributed by atoms with E-state index < -0.39 is 5.91 Å². The first-order valence-corrected chi connectivity index (χ1v) is 5.17. The Morgan fingerprint density at radius 1 is 1.75 bits per heavy atom. The number of rotatable bonds is 2. The molecule has 1 saturated heterocycles. The lowest BCUT2D eigenvalue weighted by molar-refractivity contribution is -0.0402. The predicted octanol–water partition coefficient (Wildman–Crippen LogP) is -0.811. The number of aliphatic hydroxyl groups is 1. The van der Waals surface area contributed by atoms with Gasteiger partial charge in [0.25, 0.3) is 5.91 Å². The number of hydrogen-bond acceptors (Lipinski definition) is 5. The fraction of sp³-hybridized carbons (Fsp3) is 0.667. The van der Waals surface area contributed by atoms with E-state index >= 15 is 0 Å². The molecule has 3 atom stereocenters. The molecular formula is C9H12N4O3. The minimum Gasteiger partial charge on any atom is -0.390 e. The summed E-state index contributed by atoms with van der Waals surface area (Å²) in [6.45, 7) is 0. The largest absolute Gasteiger partial charge is 0.390 e. The Balaban J connectivity index is 1.76. The van der Waals surface area contributed by atoms with Crippen LogP contribution in [-0.2, 0) is 4.74 Å². The average Bonchev–Trinajstić information content (AvgIpc) is 2.70. The van der Waals surface area contributed by atoms with Crippen LogP contribution in [0.1, 0.15) is 36.1 Å². The molecule has 2 unspecified atom stereocenters. The van der Waals surface area contributed by atoms with Crippen molar-refractivity contribution in [3.8, 4) is 0 Å². The smallest absolute Gasteiger partial charge is 0.288 e. The van der Waals surface area contributed by atoms with E-state index in [0.29, 0.717) is 6.42 Å². The normalized spacial score (nSPS) is 36.8. The molecule has 0 aromatic carbocycles. The molecule has 0 bridgehead atoms. The van der Waals surface area contributed by atoms with Gasteiger partial charge in [0, 0.05) is 6.42 Å². The zero-order valence-corrected chi connectivity index (χ0v) is 8.54. The summed E-state index contributed by atoms with van der Waals surface area (Å²) in [5, 5.41) is 13.4. The van der Waals surface area contributed by atoms with Gasteiger partial charge in [0.05, 0.1) is 11.7 Å². The minimum atomic E-state index is -0.655. The number of carbonyl (C=O) groups is 1. The van der Waals surface area contributed by atoms with E-state index in [1.165, 1.54) is 11.0 Å². The summed E-state index contributed by atoms with van der Waals surface area (Å²) in [5.74, 6) is -0.668. The second kappa shape index (κ2) is 3.02. The van der Waals surface area contributed by atoms with Crippen molar-refractivity contribution in [3.63, 3.8) is 0 Å². The molecule has 3 rings (SSSR count). The number of ether oxygens (including phenoxy) is 1. The first-order valence-electron chi connectivity index (χ1n) is 5.17. The van der Waals surface area contributed by atoms with E-state index in [-0.39, 0.29) is 23.8 Å². The van der Waals surface area contributed by atoms with Crippen LogP contribution in [-0.4, -0.2) is 37.5 Å². The Morgan fingerprint density at radius 3 is 3.00 bits per heavy atom. The summed E-state index contributed by atoms with van der Waals surface area (Å²) in [6.07, 6.45) is 3.07. The van der Waals surface area contributed by atoms with Crippen LogP contribution in [0.25, 0.3) is 0 Å². The molecule has 1 saturated carbocycles. The van der Waals surface area contributed by atoms with E-state index in [9.17, 15) is 9.90 Å². The van der Waals surface area contributed by atoms with E-state index in [1.54, 1.807) is 0 Å². The topological polar surface area (TPSA) is 103 Å². The highest BCUT2D eigenvalue weighted by molar-refractivity contribution is 5.88. The van der Waals surface area contributed by atoms with Gasteiger partial charge in [0.2, 0.25) is 5.82 Å². The van der Waals surface area contributed by atoms with Gasteiger partial charge in [-0.05, 0) is 12.8 Å². The number of nitrogens with two attached hydrogens (primary N) is 1. The SMILES string of the molecule is NC(=O)c1ncn([C@H]2CCC3(CC3O)O2)n1. The van der Waals surface area contributed by atoms with Crippen molar-refractivity contribution in [2.75, 3.05) is 0 Å².